The predicted octanol–water partition coefficient (Wildman–Crippen LogP) is 5.60. The second-order valence-corrected chi connectivity index (χ2v) is 7.99. The largest absolute Gasteiger partial charge is 0.493 e. The van der Waals surface area contributed by atoms with E-state index in [1.165, 1.54) is 0 Å². The number of rotatable bonds is 8. The van der Waals surface area contributed by atoms with Gasteiger partial charge in [0.2, 0.25) is 0 Å². The first-order valence-corrected chi connectivity index (χ1v) is 10.8. The van der Waals surface area contributed by atoms with E-state index in [9.17, 15) is 4.79 Å². The zero-order valence-electron chi connectivity index (χ0n) is 17.2. The molecule has 1 N–H and O–H groups in total. The maximum Gasteiger partial charge on any atom is 0.270 e. The molecule has 0 saturated heterocycles. The van der Waals surface area contributed by atoms with Crippen LogP contribution in [0.1, 0.15) is 11.1 Å². The maximum atomic E-state index is 13.0. The number of nitrogens with one attached hydrogen (secondary N) is 1. The van der Waals surface area contributed by atoms with E-state index >= 15 is 0 Å². The van der Waals surface area contributed by atoms with E-state index in [4.69, 9.17) is 21.1 Å². The zero-order valence-corrected chi connectivity index (χ0v) is 19.5. The number of amides is 1. The molecule has 7 heteroatoms. The number of carbonyl (C=O) groups excluding carboxylic acids is 1. The molecule has 3 aromatic carbocycles. The first kappa shape index (κ1) is 22.8. The molecule has 0 spiro atoms. The van der Waals surface area contributed by atoms with Crippen LogP contribution in [-0.2, 0) is 11.2 Å². The Kier molecular flexibility index (Phi) is 8.09. The van der Waals surface area contributed by atoms with Crippen LogP contribution in [-0.4, -0.2) is 32.4 Å². The SMILES string of the molecule is COc1ccc(CCNC(=O)C(=Nc2ccc(Cl)cc2)c2ccc(Br)cc2)cc1OC. The molecule has 0 aliphatic rings. The Morgan fingerprint density at radius 2 is 1.65 bits per heavy atom. The van der Waals surface area contributed by atoms with Gasteiger partial charge in [-0.3, -0.25) is 4.79 Å². The van der Waals surface area contributed by atoms with Crippen LogP contribution >= 0.6 is 27.5 Å². The van der Waals surface area contributed by atoms with Gasteiger partial charge in [0, 0.05) is 21.6 Å². The molecule has 0 aliphatic heterocycles. The fourth-order valence-corrected chi connectivity index (χ4v) is 3.33. The lowest BCUT2D eigenvalue weighted by Gasteiger charge is -2.11. The van der Waals surface area contributed by atoms with Crippen LogP contribution in [0.25, 0.3) is 0 Å². The summed E-state index contributed by atoms with van der Waals surface area (Å²) in [6.07, 6.45) is 0.640. The van der Waals surface area contributed by atoms with E-state index < -0.39 is 0 Å². The highest BCUT2D eigenvalue weighted by Crippen LogP contribution is 2.27. The molecular formula is C24H22BrClN2O3. The van der Waals surface area contributed by atoms with Crippen molar-refractivity contribution in [2.24, 2.45) is 4.99 Å². The third kappa shape index (κ3) is 6.32. The number of benzene rings is 3. The predicted molar refractivity (Wildman–Crippen MR) is 128 cm³/mol. The smallest absolute Gasteiger partial charge is 0.270 e. The van der Waals surface area contributed by atoms with Gasteiger partial charge >= 0.3 is 0 Å². The van der Waals surface area contributed by atoms with Crippen molar-refractivity contribution in [3.63, 3.8) is 0 Å². The normalized spacial score (nSPS) is 11.2. The average molecular weight is 502 g/mol. The summed E-state index contributed by atoms with van der Waals surface area (Å²) < 4.78 is 11.5. The van der Waals surface area contributed by atoms with Crippen LogP contribution in [0.5, 0.6) is 11.5 Å². The Balaban J connectivity index is 1.75. The lowest BCUT2D eigenvalue weighted by Crippen LogP contribution is -2.33. The van der Waals surface area contributed by atoms with Crippen molar-refractivity contribution in [3.05, 3.63) is 87.4 Å². The second-order valence-electron chi connectivity index (χ2n) is 6.64. The number of methoxy groups -OCH3 is 2. The number of nitrogens with zero attached hydrogens (tertiary/aromatic N) is 1. The highest BCUT2D eigenvalue weighted by atomic mass is 79.9. The molecule has 0 heterocycles. The minimum Gasteiger partial charge on any atom is -0.493 e. The van der Waals surface area contributed by atoms with Gasteiger partial charge in [-0.05, 0) is 60.5 Å². The number of halogens is 2. The summed E-state index contributed by atoms with van der Waals surface area (Å²) in [5, 5.41) is 3.58. The molecule has 0 bridgehead atoms. The number of carbonyl (C=O) groups is 1. The summed E-state index contributed by atoms with van der Waals surface area (Å²) in [4.78, 5) is 17.6. The van der Waals surface area contributed by atoms with Gasteiger partial charge in [0.25, 0.3) is 5.91 Å². The third-order valence-corrected chi connectivity index (χ3v) is 5.33. The molecule has 0 saturated carbocycles. The summed E-state index contributed by atoms with van der Waals surface area (Å²) >= 11 is 9.38. The number of hydrogen-bond acceptors (Lipinski definition) is 4. The van der Waals surface area contributed by atoms with Crippen LogP contribution in [0.15, 0.2) is 76.2 Å². The highest BCUT2D eigenvalue weighted by molar-refractivity contribution is 9.10. The van der Waals surface area contributed by atoms with Crippen LogP contribution in [0.3, 0.4) is 0 Å². The summed E-state index contributed by atoms with van der Waals surface area (Å²) in [5.74, 6) is 1.08. The van der Waals surface area contributed by atoms with E-state index in [-0.39, 0.29) is 5.91 Å². The van der Waals surface area contributed by atoms with Gasteiger partial charge in [0.15, 0.2) is 11.5 Å². The summed E-state index contributed by atoms with van der Waals surface area (Å²) in [7, 11) is 3.20. The van der Waals surface area contributed by atoms with Gasteiger partial charge in [-0.2, -0.15) is 0 Å². The average Bonchev–Trinajstić information content (AvgIpc) is 2.79. The van der Waals surface area contributed by atoms with Gasteiger partial charge < -0.3 is 14.8 Å². The Bertz CT molecular complexity index is 1070. The molecule has 160 valence electrons. The number of ether oxygens (including phenoxy) is 2. The van der Waals surface area contributed by atoms with E-state index in [1.54, 1.807) is 38.5 Å². The maximum absolute atomic E-state index is 13.0. The Hall–Kier alpha value is -2.83. The first-order chi connectivity index (χ1) is 15.0. The molecule has 3 rings (SSSR count). The van der Waals surface area contributed by atoms with Crippen molar-refractivity contribution in [1.29, 1.82) is 0 Å². The van der Waals surface area contributed by atoms with E-state index in [2.05, 4.69) is 26.2 Å². The van der Waals surface area contributed by atoms with Crippen molar-refractivity contribution in [2.45, 2.75) is 6.42 Å². The second kappa shape index (κ2) is 11.0. The molecule has 0 aliphatic carbocycles. The minimum absolute atomic E-state index is 0.252. The number of hydrogen-bond donors (Lipinski definition) is 1. The Morgan fingerprint density at radius 1 is 0.968 bits per heavy atom. The van der Waals surface area contributed by atoms with E-state index in [1.807, 2.05) is 42.5 Å². The molecule has 0 unspecified atom stereocenters. The molecule has 1 amide bonds. The first-order valence-electron chi connectivity index (χ1n) is 9.59. The van der Waals surface area contributed by atoms with Crippen molar-refractivity contribution in [1.82, 2.24) is 5.32 Å². The summed E-state index contributed by atoms with van der Waals surface area (Å²) in [6.45, 7) is 0.449. The van der Waals surface area contributed by atoms with Gasteiger partial charge in [-0.15, -0.1) is 0 Å². The van der Waals surface area contributed by atoms with E-state index in [0.717, 1.165) is 15.6 Å². The molecule has 5 nitrogen and oxygen atoms in total. The fraction of sp³-hybridized carbons (Fsp3) is 0.167. The van der Waals surface area contributed by atoms with Crippen molar-refractivity contribution >= 4 is 44.8 Å². The molecule has 31 heavy (non-hydrogen) atoms. The van der Waals surface area contributed by atoms with Crippen molar-refractivity contribution in [3.8, 4) is 11.5 Å². The molecule has 0 aromatic heterocycles. The molecule has 3 aromatic rings. The molecule has 0 atom stereocenters. The summed E-state index contributed by atoms with van der Waals surface area (Å²) in [5.41, 5.74) is 2.74. The lowest BCUT2D eigenvalue weighted by atomic mass is 10.1. The van der Waals surface area contributed by atoms with Gasteiger partial charge in [0.1, 0.15) is 5.71 Å². The lowest BCUT2D eigenvalue weighted by molar-refractivity contribution is -0.114. The topological polar surface area (TPSA) is 59.9 Å². The van der Waals surface area contributed by atoms with E-state index in [0.29, 0.717) is 40.9 Å². The van der Waals surface area contributed by atoms with Gasteiger partial charge in [-0.1, -0.05) is 45.7 Å². The van der Waals surface area contributed by atoms with Gasteiger partial charge in [-0.25, -0.2) is 4.99 Å². The Morgan fingerprint density at radius 3 is 2.29 bits per heavy atom. The summed E-state index contributed by atoms with van der Waals surface area (Å²) in [6, 6.07) is 20.2. The Labute approximate surface area is 195 Å². The fourth-order valence-electron chi connectivity index (χ4n) is 2.94. The van der Waals surface area contributed by atoms with Gasteiger partial charge in [0.05, 0.1) is 19.9 Å². The van der Waals surface area contributed by atoms with Crippen LogP contribution in [0.2, 0.25) is 5.02 Å². The highest BCUT2D eigenvalue weighted by Gasteiger charge is 2.14. The number of aliphatic imine (C=N–C) groups is 1. The third-order valence-electron chi connectivity index (χ3n) is 4.55. The molecule has 0 radical (unpaired) electrons. The standard InChI is InChI=1S/C24H22BrClN2O3/c1-30-21-12-3-16(15-22(21)31-2)13-14-27-24(29)23(17-4-6-18(25)7-5-17)28-20-10-8-19(26)9-11-20/h3-12,15H,13-14H2,1-2H3,(H,27,29). The quantitative estimate of drug-likeness (QED) is 0.409. The van der Waals surface area contributed by atoms with Crippen molar-refractivity contribution in [2.75, 3.05) is 20.8 Å². The van der Waals surface area contributed by atoms with Crippen LogP contribution in [0.4, 0.5) is 5.69 Å². The molecular weight excluding hydrogens is 480 g/mol. The van der Waals surface area contributed by atoms with Crippen LogP contribution in [0, 0.1) is 0 Å². The zero-order chi connectivity index (χ0) is 22.2. The molecule has 0 fully saturated rings. The van der Waals surface area contributed by atoms with Crippen molar-refractivity contribution < 1.29 is 14.3 Å². The minimum atomic E-state index is -0.252. The monoisotopic (exact) mass is 500 g/mol. The van der Waals surface area contributed by atoms with Crippen LogP contribution < -0.4 is 14.8 Å².